The third kappa shape index (κ3) is 6.84. The number of hydrogen-bond donors (Lipinski definition) is 1. The summed E-state index contributed by atoms with van der Waals surface area (Å²) in [7, 11) is 0. The Balaban J connectivity index is 2.02. The average Bonchev–Trinajstić information content (AvgIpc) is 2.37. The molecule has 3 heteroatoms. The van der Waals surface area contributed by atoms with E-state index in [0.717, 1.165) is 19.3 Å². The van der Waals surface area contributed by atoms with E-state index in [-0.39, 0.29) is 11.7 Å². The monoisotopic (exact) mass is 247 g/mol. The number of carbonyl (C=O) groups is 2. The van der Waals surface area contributed by atoms with Crippen LogP contribution in [0.4, 0.5) is 0 Å². The van der Waals surface area contributed by atoms with E-state index in [0.29, 0.717) is 19.4 Å². The van der Waals surface area contributed by atoms with Gasteiger partial charge in [-0.3, -0.25) is 4.79 Å². The summed E-state index contributed by atoms with van der Waals surface area (Å²) in [6.45, 7) is 2.21. The number of hydrogen-bond acceptors (Lipinski definition) is 2. The van der Waals surface area contributed by atoms with Crippen molar-refractivity contribution in [3.63, 3.8) is 0 Å². The van der Waals surface area contributed by atoms with Gasteiger partial charge in [-0.25, -0.2) is 0 Å². The van der Waals surface area contributed by atoms with Crippen LogP contribution >= 0.6 is 0 Å². The Hall–Kier alpha value is -1.64. The van der Waals surface area contributed by atoms with Crippen molar-refractivity contribution in [2.45, 2.75) is 39.0 Å². The molecule has 0 aliphatic heterocycles. The van der Waals surface area contributed by atoms with Crippen molar-refractivity contribution in [2.75, 3.05) is 6.54 Å². The second-order valence-corrected chi connectivity index (χ2v) is 4.49. The second kappa shape index (κ2) is 8.45. The normalized spacial score (nSPS) is 10.1. The lowest BCUT2D eigenvalue weighted by Crippen LogP contribution is -2.24. The number of carbonyl (C=O) groups excluding carboxylic acids is 2. The summed E-state index contributed by atoms with van der Waals surface area (Å²) in [5.41, 5.74) is 1.33. The van der Waals surface area contributed by atoms with Crippen LogP contribution < -0.4 is 5.32 Å². The molecule has 1 aromatic rings. The Kier molecular flexibility index (Phi) is 6.77. The molecule has 0 aromatic heterocycles. The maximum Gasteiger partial charge on any atom is 0.220 e. The molecule has 0 unspecified atom stereocenters. The molecule has 0 saturated heterocycles. The van der Waals surface area contributed by atoms with Crippen molar-refractivity contribution >= 4 is 11.7 Å². The first-order valence-electron chi connectivity index (χ1n) is 6.48. The number of rotatable bonds is 8. The number of Topliss-reactive ketones (excluding diaryl/α,β-unsaturated/α-hetero) is 1. The molecule has 98 valence electrons. The molecule has 1 amide bonds. The predicted octanol–water partition coefficient (Wildman–Crippen LogP) is 2.49. The molecule has 0 radical (unpaired) electrons. The van der Waals surface area contributed by atoms with E-state index in [1.54, 1.807) is 0 Å². The molecule has 0 aliphatic rings. The lowest BCUT2D eigenvalue weighted by atomic mass is 10.1. The highest BCUT2D eigenvalue weighted by Gasteiger charge is 2.02. The maximum absolute atomic E-state index is 11.3. The van der Waals surface area contributed by atoms with E-state index in [1.165, 1.54) is 12.5 Å². The molecule has 18 heavy (non-hydrogen) atoms. The summed E-state index contributed by atoms with van der Waals surface area (Å²) >= 11 is 0. The topological polar surface area (TPSA) is 46.2 Å². The standard InChI is InChI=1S/C15H21NO2/c1-13(17)10-11-15(18)16-12-6-5-9-14-7-3-2-4-8-14/h2-4,7-8H,5-6,9-12H2,1H3,(H,16,18). The van der Waals surface area contributed by atoms with Gasteiger partial charge in [0.1, 0.15) is 5.78 Å². The number of aryl methyl sites for hydroxylation is 1. The van der Waals surface area contributed by atoms with E-state index in [2.05, 4.69) is 17.4 Å². The highest BCUT2D eigenvalue weighted by atomic mass is 16.2. The quantitative estimate of drug-likeness (QED) is 0.717. The maximum atomic E-state index is 11.3. The van der Waals surface area contributed by atoms with Gasteiger partial charge in [-0.1, -0.05) is 30.3 Å². The molecule has 0 aliphatic carbocycles. The number of benzene rings is 1. The lowest BCUT2D eigenvalue weighted by Gasteiger charge is -2.04. The van der Waals surface area contributed by atoms with Crippen molar-refractivity contribution in [1.29, 1.82) is 0 Å². The van der Waals surface area contributed by atoms with Crippen LogP contribution in [-0.4, -0.2) is 18.2 Å². The van der Waals surface area contributed by atoms with Crippen LogP contribution in [0.25, 0.3) is 0 Å². The Labute approximate surface area is 109 Å². The number of nitrogens with one attached hydrogen (secondary N) is 1. The Morgan fingerprint density at radius 3 is 2.44 bits per heavy atom. The first-order valence-corrected chi connectivity index (χ1v) is 6.48. The predicted molar refractivity (Wildman–Crippen MR) is 72.3 cm³/mol. The molecule has 1 aromatic carbocycles. The Morgan fingerprint density at radius 1 is 1.06 bits per heavy atom. The van der Waals surface area contributed by atoms with Crippen molar-refractivity contribution < 1.29 is 9.59 Å². The van der Waals surface area contributed by atoms with Crippen LogP contribution in [0.3, 0.4) is 0 Å². The molecule has 0 fully saturated rings. The highest BCUT2D eigenvalue weighted by Crippen LogP contribution is 2.03. The van der Waals surface area contributed by atoms with Gasteiger partial charge in [-0.15, -0.1) is 0 Å². The molecule has 1 rings (SSSR count). The number of unbranched alkanes of at least 4 members (excludes halogenated alkanes) is 1. The van der Waals surface area contributed by atoms with Crippen LogP contribution in [0.5, 0.6) is 0 Å². The molecular formula is C15H21NO2. The second-order valence-electron chi connectivity index (χ2n) is 4.49. The van der Waals surface area contributed by atoms with E-state index >= 15 is 0 Å². The molecule has 0 saturated carbocycles. The first kappa shape index (κ1) is 14.4. The minimum absolute atomic E-state index is 0.0232. The fourth-order valence-electron chi connectivity index (χ4n) is 1.70. The van der Waals surface area contributed by atoms with E-state index in [9.17, 15) is 9.59 Å². The Bertz CT molecular complexity index is 373. The van der Waals surface area contributed by atoms with Gasteiger partial charge in [0.25, 0.3) is 0 Å². The van der Waals surface area contributed by atoms with Gasteiger partial charge >= 0.3 is 0 Å². The van der Waals surface area contributed by atoms with Gasteiger partial charge in [0.05, 0.1) is 0 Å². The van der Waals surface area contributed by atoms with Crippen LogP contribution in [0.15, 0.2) is 30.3 Å². The molecule has 0 spiro atoms. The summed E-state index contributed by atoms with van der Waals surface area (Å²) in [6.07, 6.45) is 3.74. The highest BCUT2D eigenvalue weighted by molar-refractivity contribution is 5.83. The average molecular weight is 247 g/mol. The number of amides is 1. The molecule has 0 bridgehead atoms. The zero-order valence-corrected chi connectivity index (χ0v) is 10.9. The van der Waals surface area contributed by atoms with Crippen molar-refractivity contribution in [1.82, 2.24) is 5.32 Å². The molecule has 1 N–H and O–H groups in total. The summed E-state index contributed by atoms with van der Waals surface area (Å²) < 4.78 is 0. The van der Waals surface area contributed by atoms with Gasteiger partial charge in [-0.2, -0.15) is 0 Å². The SMILES string of the molecule is CC(=O)CCC(=O)NCCCCc1ccccc1. The smallest absolute Gasteiger partial charge is 0.220 e. The molecule has 0 heterocycles. The van der Waals surface area contributed by atoms with E-state index in [4.69, 9.17) is 0 Å². The fraction of sp³-hybridized carbons (Fsp3) is 0.467. The van der Waals surface area contributed by atoms with Crippen molar-refractivity contribution in [2.24, 2.45) is 0 Å². The minimum Gasteiger partial charge on any atom is -0.356 e. The van der Waals surface area contributed by atoms with E-state index in [1.807, 2.05) is 18.2 Å². The zero-order chi connectivity index (χ0) is 13.2. The molecule has 3 nitrogen and oxygen atoms in total. The Morgan fingerprint density at radius 2 is 1.78 bits per heavy atom. The van der Waals surface area contributed by atoms with E-state index < -0.39 is 0 Å². The molecule has 0 atom stereocenters. The van der Waals surface area contributed by atoms with Gasteiger partial charge < -0.3 is 10.1 Å². The largest absolute Gasteiger partial charge is 0.356 e. The van der Waals surface area contributed by atoms with Gasteiger partial charge in [0, 0.05) is 19.4 Å². The van der Waals surface area contributed by atoms with Crippen LogP contribution in [0.1, 0.15) is 38.2 Å². The molecular weight excluding hydrogens is 226 g/mol. The van der Waals surface area contributed by atoms with Gasteiger partial charge in [0.15, 0.2) is 0 Å². The van der Waals surface area contributed by atoms with Gasteiger partial charge in [0.2, 0.25) is 5.91 Å². The summed E-state index contributed by atoms with van der Waals surface area (Å²) in [5, 5.41) is 2.83. The van der Waals surface area contributed by atoms with Crippen LogP contribution in [0.2, 0.25) is 0 Å². The summed E-state index contributed by atoms with van der Waals surface area (Å²) in [6, 6.07) is 10.3. The van der Waals surface area contributed by atoms with Crippen molar-refractivity contribution in [3.8, 4) is 0 Å². The zero-order valence-electron chi connectivity index (χ0n) is 10.9. The van der Waals surface area contributed by atoms with Crippen molar-refractivity contribution in [3.05, 3.63) is 35.9 Å². The van der Waals surface area contributed by atoms with Gasteiger partial charge in [-0.05, 0) is 31.7 Å². The minimum atomic E-state index is -0.0232. The third-order valence-electron chi connectivity index (χ3n) is 2.76. The first-order chi connectivity index (χ1) is 8.68. The fourth-order valence-corrected chi connectivity index (χ4v) is 1.70. The third-order valence-corrected chi connectivity index (χ3v) is 2.76. The van der Waals surface area contributed by atoms with Crippen LogP contribution in [0, 0.1) is 0 Å². The summed E-state index contributed by atoms with van der Waals surface area (Å²) in [5.74, 6) is 0.0409. The number of ketones is 1. The van der Waals surface area contributed by atoms with Crippen LogP contribution in [-0.2, 0) is 16.0 Å². The lowest BCUT2D eigenvalue weighted by molar-refractivity contribution is -0.124. The summed E-state index contributed by atoms with van der Waals surface area (Å²) in [4.78, 5) is 22.0.